The molecule has 3 N–H and O–H groups in total. The van der Waals surface area contributed by atoms with Gasteiger partial charge in [0.05, 0.1) is 30.7 Å². The number of hydrogen-bond donors (Lipinski definition) is 2. The normalized spacial score (nSPS) is 17.8. The van der Waals surface area contributed by atoms with E-state index in [0.717, 1.165) is 18.9 Å². The van der Waals surface area contributed by atoms with Crippen molar-refractivity contribution < 1.29 is 32.2 Å². The van der Waals surface area contributed by atoms with E-state index in [4.69, 9.17) is 10.5 Å². The summed E-state index contributed by atoms with van der Waals surface area (Å²) in [6.45, 7) is 1.94. The third-order valence-electron chi connectivity index (χ3n) is 4.26. The molecule has 1 aromatic carbocycles. The van der Waals surface area contributed by atoms with Crippen LogP contribution in [0, 0.1) is 5.82 Å². The fourth-order valence-corrected chi connectivity index (χ4v) is 2.69. The van der Waals surface area contributed by atoms with Crippen molar-refractivity contribution in [1.82, 2.24) is 4.98 Å². The van der Waals surface area contributed by atoms with Crippen LogP contribution in [0.4, 0.5) is 18.9 Å². The maximum Gasteiger partial charge on any atom is 0.267 e. The van der Waals surface area contributed by atoms with Crippen LogP contribution in [0.25, 0.3) is 0 Å². The minimum Gasteiger partial charge on any atom is -0.494 e. The molecule has 2 heterocycles. The number of amides is 2. The summed E-state index contributed by atoms with van der Waals surface area (Å²) >= 11 is 0. The first-order chi connectivity index (χ1) is 14.2. The number of hydrogen-bond acceptors (Lipinski definition) is 5. The van der Waals surface area contributed by atoms with Gasteiger partial charge in [-0.05, 0) is 38.0 Å². The first kappa shape index (κ1) is 23.1. The highest BCUT2D eigenvalue weighted by atomic mass is 19.3. The second kappa shape index (κ2) is 10.6. The smallest absolute Gasteiger partial charge is 0.267 e. The third kappa shape index (κ3) is 6.18. The van der Waals surface area contributed by atoms with Gasteiger partial charge in [0, 0.05) is 0 Å². The quantitative estimate of drug-likeness (QED) is 0.764. The zero-order valence-electron chi connectivity index (χ0n) is 16.4. The van der Waals surface area contributed by atoms with E-state index in [1.807, 2.05) is 6.92 Å². The van der Waals surface area contributed by atoms with Crippen LogP contribution in [-0.2, 0) is 9.53 Å². The largest absolute Gasteiger partial charge is 0.494 e. The van der Waals surface area contributed by atoms with E-state index in [2.05, 4.69) is 15.0 Å². The molecule has 7 nitrogen and oxygen atoms in total. The van der Waals surface area contributed by atoms with E-state index in [1.165, 1.54) is 31.5 Å². The van der Waals surface area contributed by atoms with Crippen LogP contribution in [0.1, 0.15) is 42.2 Å². The Kier molecular flexibility index (Phi) is 8.16. The number of nitrogens with two attached hydrogens (primary N) is 1. The zero-order valence-corrected chi connectivity index (χ0v) is 16.4. The Balaban J connectivity index is 0.000000232. The lowest BCUT2D eigenvalue weighted by Crippen LogP contribution is -2.27. The number of ether oxygens (including phenoxy) is 2. The summed E-state index contributed by atoms with van der Waals surface area (Å²) in [4.78, 5) is 26.5. The van der Waals surface area contributed by atoms with Crippen molar-refractivity contribution in [3.63, 3.8) is 0 Å². The average molecular weight is 425 g/mol. The molecule has 3 rings (SSSR count). The van der Waals surface area contributed by atoms with Crippen LogP contribution in [-0.4, -0.2) is 36.1 Å². The van der Waals surface area contributed by atoms with Gasteiger partial charge in [-0.1, -0.05) is 12.1 Å². The van der Waals surface area contributed by atoms with Gasteiger partial charge < -0.3 is 20.5 Å². The molecule has 1 aliphatic rings. The number of alkyl halides is 2. The van der Waals surface area contributed by atoms with E-state index in [1.54, 1.807) is 6.07 Å². The third-order valence-corrected chi connectivity index (χ3v) is 4.26. The molecule has 162 valence electrons. The monoisotopic (exact) mass is 425 g/mol. The second-order valence-electron chi connectivity index (χ2n) is 6.46. The molecule has 0 saturated carbocycles. The number of nitrogens with zero attached hydrogens (tertiary/aromatic N) is 1. The standard InChI is InChI=1S/C12H15N3O3.C8H7F3O/c1-7-2-5-10(18-7)12(17)15-8-3-4-9(11(13)16)14-6-8;1-12-6-4-2-3-5(7(6)9)8(10)11/h3-4,6-7,10H,2,5H2,1H3,(H2,13,16)(H,15,17);2-4,8H,1H3. The molecule has 1 fully saturated rings. The number of carbonyl (C=O) groups excluding carboxylic acids is 2. The first-order valence-electron chi connectivity index (χ1n) is 9.05. The fourth-order valence-electron chi connectivity index (χ4n) is 2.69. The molecule has 30 heavy (non-hydrogen) atoms. The first-order valence-corrected chi connectivity index (χ1v) is 9.05. The topological polar surface area (TPSA) is 104 Å². The van der Waals surface area contributed by atoms with Gasteiger partial charge in [-0.15, -0.1) is 0 Å². The van der Waals surface area contributed by atoms with Crippen LogP contribution in [0.2, 0.25) is 0 Å². The van der Waals surface area contributed by atoms with Crippen molar-refractivity contribution in [2.75, 3.05) is 12.4 Å². The number of pyridine rings is 1. The van der Waals surface area contributed by atoms with Crippen LogP contribution < -0.4 is 15.8 Å². The van der Waals surface area contributed by atoms with Gasteiger partial charge in [0.1, 0.15) is 11.8 Å². The highest BCUT2D eigenvalue weighted by molar-refractivity contribution is 5.95. The maximum atomic E-state index is 12.9. The van der Waals surface area contributed by atoms with Crippen LogP contribution in [0.15, 0.2) is 36.5 Å². The lowest BCUT2D eigenvalue weighted by molar-refractivity contribution is -0.126. The Morgan fingerprint density at radius 2 is 2.00 bits per heavy atom. The van der Waals surface area contributed by atoms with Crippen LogP contribution in [0.5, 0.6) is 5.75 Å². The Bertz CT molecular complexity index is 878. The number of nitrogens with one attached hydrogen (secondary N) is 1. The SMILES string of the molecule is CC1CCC(C(=O)Nc2ccc(C(N)=O)nc2)O1.COc1cccc(C(F)F)c1F. The van der Waals surface area contributed by atoms with E-state index < -0.39 is 29.8 Å². The number of carbonyl (C=O) groups is 2. The summed E-state index contributed by atoms with van der Waals surface area (Å²) in [5.41, 5.74) is 5.13. The summed E-state index contributed by atoms with van der Waals surface area (Å²) in [6, 6.07) is 6.70. The minimum atomic E-state index is -2.81. The lowest BCUT2D eigenvalue weighted by Gasteiger charge is -2.11. The number of benzene rings is 1. The van der Waals surface area contributed by atoms with Gasteiger partial charge >= 0.3 is 0 Å². The number of aromatic nitrogens is 1. The van der Waals surface area contributed by atoms with E-state index in [0.29, 0.717) is 5.69 Å². The fraction of sp³-hybridized carbons (Fsp3) is 0.350. The van der Waals surface area contributed by atoms with Gasteiger partial charge in [0.25, 0.3) is 18.2 Å². The van der Waals surface area contributed by atoms with Crippen molar-refractivity contribution in [3.8, 4) is 5.75 Å². The molecule has 1 saturated heterocycles. The van der Waals surface area contributed by atoms with Gasteiger partial charge in [-0.3, -0.25) is 9.59 Å². The number of rotatable bonds is 5. The Morgan fingerprint density at radius 1 is 1.27 bits per heavy atom. The second-order valence-corrected chi connectivity index (χ2v) is 6.46. The molecular weight excluding hydrogens is 403 g/mol. The lowest BCUT2D eigenvalue weighted by atomic mass is 10.2. The summed E-state index contributed by atoms with van der Waals surface area (Å²) in [6.07, 6.45) is -0.0836. The summed E-state index contributed by atoms with van der Waals surface area (Å²) in [5.74, 6) is -1.93. The predicted molar refractivity (Wildman–Crippen MR) is 103 cm³/mol. The Hall–Kier alpha value is -3.14. The van der Waals surface area contributed by atoms with Gasteiger partial charge in [-0.2, -0.15) is 0 Å². The summed E-state index contributed by atoms with van der Waals surface area (Å²) in [7, 11) is 1.23. The highest BCUT2D eigenvalue weighted by Gasteiger charge is 2.28. The maximum absolute atomic E-state index is 12.9. The molecule has 0 spiro atoms. The van der Waals surface area contributed by atoms with E-state index in [9.17, 15) is 22.8 Å². The van der Waals surface area contributed by atoms with Gasteiger partial charge in [0.15, 0.2) is 11.6 Å². The number of anilines is 1. The zero-order chi connectivity index (χ0) is 22.3. The molecule has 1 aliphatic heterocycles. The summed E-state index contributed by atoms with van der Waals surface area (Å²) < 4.78 is 47.0. The molecule has 2 aromatic rings. The molecule has 2 unspecified atom stereocenters. The summed E-state index contributed by atoms with van der Waals surface area (Å²) in [5, 5.41) is 2.69. The van der Waals surface area contributed by atoms with Crippen LogP contribution >= 0.6 is 0 Å². The molecule has 1 aromatic heterocycles. The van der Waals surface area contributed by atoms with E-state index in [-0.39, 0.29) is 23.5 Å². The Labute approximate surface area is 171 Å². The minimum absolute atomic E-state index is 0.121. The van der Waals surface area contributed by atoms with Crippen molar-refractivity contribution in [1.29, 1.82) is 0 Å². The molecule has 0 bridgehead atoms. The van der Waals surface area contributed by atoms with Gasteiger partial charge in [0.2, 0.25) is 0 Å². The van der Waals surface area contributed by atoms with Crippen molar-refractivity contribution in [2.24, 2.45) is 5.73 Å². The molecule has 10 heteroatoms. The van der Waals surface area contributed by atoms with Crippen molar-refractivity contribution >= 4 is 17.5 Å². The van der Waals surface area contributed by atoms with Crippen LogP contribution in [0.3, 0.4) is 0 Å². The number of methoxy groups -OCH3 is 1. The Morgan fingerprint density at radius 3 is 2.50 bits per heavy atom. The van der Waals surface area contributed by atoms with Crippen molar-refractivity contribution in [2.45, 2.75) is 38.4 Å². The molecule has 2 amide bonds. The average Bonchev–Trinajstić information content (AvgIpc) is 3.15. The number of primary amides is 1. The molecule has 0 aliphatic carbocycles. The predicted octanol–water partition coefficient (Wildman–Crippen LogP) is 3.46. The molecule has 2 atom stereocenters. The molecule has 0 radical (unpaired) electrons. The van der Waals surface area contributed by atoms with Gasteiger partial charge in [-0.25, -0.2) is 18.2 Å². The number of halogens is 3. The molecular formula is C20H22F3N3O4. The van der Waals surface area contributed by atoms with E-state index >= 15 is 0 Å². The van der Waals surface area contributed by atoms with Crippen molar-refractivity contribution in [3.05, 3.63) is 53.6 Å². The highest BCUT2D eigenvalue weighted by Crippen LogP contribution is 2.27.